The minimum absolute atomic E-state index is 0.0160. The van der Waals surface area contributed by atoms with E-state index in [1.165, 1.54) is 29.1 Å². The molecule has 1 unspecified atom stereocenters. The van der Waals surface area contributed by atoms with Gasteiger partial charge in [0.2, 0.25) is 5.95 Å². The molecule has 2 fully saturated rings. The number of carbonyl (C=O) groups excluding carboxylic acids is 1. The number of rotatable bonds is 11. The topological polar surface area (TPSA) is 137 Å². The van der Waals surface area contributed by atoms with Crippen LogP contribution in [-0.2, 0) is 16.8 Å². The number of halogens is 1. The van der Waals surface area contributed by atoms with Crippen LogP contribution < -0.4 is 11.1 Å². The first-order valence-electron chi connectivity index (χ1n) is 18.4. The van der Waals surface area contributed by atoms with Crippen molar-refractivity contribution in [3.63, 3.8) is 0 Å². The Morgan fingerprint density at radius 2 is 1.75 bits per heavy atom. The molecule has 2 aliphatic carbocycles. The number of hydrogen-bond acceptors (Lipinski definition) is 9. The van der Waals surface area contributed by atoms with E-state index in [0.29, 0.717) is 18.2 Å². The Kier molecular flexibility index (Phi) is 10.7. The van der Waals surface area contributed by atoms with Crippen LogP contribution in [-0.4, -0.2) is 93.5 Å². The fourth-order valence-corrected chi connectivity index (χ4v) is 8.28. The van der Waals surface area contributed by atoms with Crippen LogP contribution in [0.25, 0.3) is 22.3 Å². The lowest BCUT2D eigenvalue weighted by Crippen LogP contribution is -2.53. The van der Waals surface area contributed by atoms with Gasteiger partial charge in [0.25, 0.3) is 5.91 Å². The number of anilines is 1. The third-order valence-electron chi connectivity index (χ3n) is 11.3. The molecular formula is C41H49FN6O4. The molecule has 0 radical (unpaired) electrons. The van der Waals surface area contributed by atoms with E-state index < -0.39 is 5.95 Å². The zero-order chi connectivity index (χ0) is 36.4. The predicted octanol–water partition coefficient (Wildman–Crippen LogP) is 5.09. The number of nitrogen functional groups attached to an aromatic ring is 1. The van der Waals surface area contributed by atoms with Crippen molar-refractivity contribution >= 4 is 11.7 Å². The molecule has 2 aromatic carbocycles. The maximum absolute atomic E-state index is 14.3. The Morgan fingerprint density at radius 1 is 1.00 bits per heavy atom. The Labute approximate surface area is 304 Å². The number of amides is 1. The Hall–Kier alpha value is -4.26. The van der Waals surface area contributed by atoms with Crippen LogP contribution >= 0.6 is 0 Å². The van der Waals surface area contributed by atoms with E-state index in [4.69, 9.17) is 10.5 Å². The number of fused-ring (bicyclic) bond motifs is 1. The van der Waals surface area contributed by atoms with Crippen molar-refractivity contribution in [1.82, 2.24) is 25.1 Å². The van der Waals surface area contributed by atoms with Crippen molar-refractivity contribution in [2.75, 3.05) is 45.1 Å². The Balaban J connectivity index is 0.967. The summed E-state index contributed by atoms with van der Waals surface area (Å²) in [6.07, 6.45) is 6.30. The summed E-state index contributed by atoms with van der Waals surface area (Å²) in [4.78, 5) is 25.9. The SMILES string of the molecule is CC1(C)CC(N2CCN(C(CO)CO)CC2)c2ccc(-c3ccc(CO[C@H]4CCC[C@@H]4NC(=O)c4cc(-c5cccnc5F)cnc4N)cc3)cc21. The standard InChI is InChI=1S/C41H49FN6O4/c1-41(2)21-36(48-17-15-47(16-18-48)30(23-49)24-50)32-13-12-28(20-34(32)41)27-10-8-26(9-11-27)25-52-37-7-3-6-35(37)46-40(51)33-19-29(22-45-39(33)43)31-5-4-14-44-38(31)42/h4-5,8-14,19-20,22,30,35-37,49-50H,3,6-7,15-18,21,23-25H2,1-2H3,(H2,43,45)(H,46,51)/t35-,36?,37-/m0/s1. The fraction of sp³-hybridized carbons (Fsp3) is 0.439. The van der Waals surface area contributed by atoms with Crippen molar-refractivity contribution in [1.29, 1.82) is 0 Å². The number of nitrogens with zero attached hydrogens (tertiary/aromatic N) is 4. The molecule has 2 aromatic heterocycles. The van der Waals surface area contributed by atoms with Crippen molar-refractivity contribution in [3.05, 3.63) is 101 Å². The zero-order valence-corrected chi connectivity index (χ0v) is 30.0. The number of aliphatic hydroxyl groups excluding tert-OH is 2. The van der Waals surface area contributed by atoms with Gasteiger partial charge < -0.3 is 26.0 Å². The molecular weight excluding hydrogens is 659 g/mol. The largest absolute Gasteiger partial charge is 0.395 e. The van der Waals surface area contributed by atoms with Crippen molar-refractivity contribution in [2.45, 2.75) is 75.8 Å². The second-order valence-corrected chi connectivity index (χ2v) is 15.1. The minimum Gasteiger partial charge on any atom is -0.395 e. The average molecular weight is 709 g/mol. The molecule has 4 aromatic rings. The summed E-state index contributed by atoms with van der Waals surface area (Å²) in [7, 11) is 0. The predicted molar refractivity (Wildman–Crippen MR) is 199 cm³/mol. The van der Waals surface area contributed by atoms with Crippen LogP contribution in [0.15, 0.2) is 73.1 Å². The summed E-state index contributed by atoms with van der Waals surface area (Å²) in [5.74, 6) is -0.914. The molecule has 10 nitrogen and oxygen atoms in total. The van der Waals surface area contributed by atoms with Gasteiger partial charge in [0, 0.05) is 55.7 Å². The molecule has 1 saturated carbocycles. The molecule has 1 aliphatic heterocycles. The van der Waals surface area contributed by atoms with Crippen LogP contribution in [0.3, 0.4) is 0 Å². The highest BCUT2D eigenvalue weighted by Crippen LogP contribution is 2.48. The summed E-state index contributed by atoms with van der Waals surface area (Å²) in [6.45, 7) is 8.61. The monoisotopic (exact) mass is 708 g/mol. The number of benzene rings is 2. The maximum atomic E-state index is 14.3. The van der Waals surface area contributed by atoms with E-state index in [2.05, 4.69) is 81.4 Å². The van der Waals surface area contributed by atoms with Gasteiger partial charge in [-0.2, -0.15) is 4.39 Å². The van der Waals surface area contributed by atoms with Crippen LogP contribution in [0.5, 0.6) is 0 Å². The van der Waals surface area contributed by atoms with Crippen molar-refractivity contribution < 1.29 is 24.1 Å². The Bertz CT molecular complexity index is 1880. The van der Waals surface area contributed by atoms with E-state index in [-0.39, 0.29) is 59.7 Å². The first-order chi connectivity index (χ1) is 25.1. The summed E-state index contributed by atoms with van der Waals surface area (Å²) in [5.41, 5.74) is 13.2. The number of ether oxygens (including phenoxy) is 1. The number of aromatic nitrogens is 2. The van der Waals surface area contributed by atoms with Gasteiger partial charge in [-0.05, 0) is 77.1 Å². The molecule has 3 atom stereocenters. The molecule has 0 spiro atoms. The van der Waals surface area contributed by atoms with E-state index in [1.807, 2.05) is 0 Å². The lowest BCUT2D eigenvalue weighted by Gasteiger charge is -2.41. The number of pyridine rings is 2. The van der Waals surface area contributed by atoms with Gasteiger partial charge in [0.15, 0.2) is 0 Å². The highest BCUT2D eigenvalue weighted by Gasteiger charge is 2.41. The summed E-state index contributed by atoms with van der Waals surface area (Å²) in [5, 5.41) is 22.3. The van der Waals surface area contributed by atoms with Crippen LogP contribution in [0.2, 0.25) is 0 Å². The molecule has 3 aliphatic rings. The second-order valence-electron chi connectivity index (χ2n) is 15.1. The number of piperazine rings is 1. The van der Waals surface area contributed by atoms with Crippen LogP contribution in [0.1, 0.15) is 72.6 Å². The summed E-state index contributed by atoms with van der Waals surface area (Å²) >= 11 is 0. The lowest BCUT2D eigenvalue weighted by molar-refractivity contribution is 0.0217. The third kappa shape index (κ3) is 7.47. The number of carbonyl (C=O) groups is 1. The third-order valence-corrected chi connectivity index (χ3v) is 11.3. The second kappa shape index (κ2) is 15.4. The molecule has 52 heavy (non-hydrogen) atoms. The van der Waals surface area contributed by atoms with Gasteiger partial charge in [-0.15, -0.1) is 0 Å². The molecule has 5 N–H and O–H groups in total. The van der Waals surface area contributed by atoms with Gasteiger partial charge in [0.05, 0.1) is 43.6 Å². The fourth-order valence-electron chi connectivity index (χ4n) is 8.28. The molecule has 7 rings (SSSR count). The molecule has 0 bridgehead atoms. The first-order valence-corrected chi connectivity index (χ1v) is 18.4. The molecule has 11 heteroatoms. The first kappa shape index (κ1) is 36.1. The maximum Gasteiger partial charge on any atom is 0.255 e. The van der Waals surface area contributed by atoms with Crippen LogP contribution in [0, 0.1) is 5.95 Å². The Morgan fingerprint density at radius 3 is 2.48 bits per heavy atom. The van der Waals surface area contributed by atoms with Crippen LogP contribution in [0.4, 0.5) is 10.2 Å². The number of hydrogen-bond donors (Lipinski definition) is 4. The highest BCUT2D eigenvalue weighted by atomic mass is 19.1. The number of nitrogens with two attached hydrogens (primary N) is 1. The van der Waals surface area contributed by atoms with Gasteiger partial charge >= 0.3 is 0 Å². The average Bonchev–Trinajstić information content (AvgIpc) is 3.72. The zero-order valence-electron chi connectivity index (χ0n) is 30.0. The number of nitrogens with one attached hydrogen (secondary N) is 1. The molecule has 274 valence electrons. The normalized spacial score (nSPS) is 21.8. The lowest BCUT2D eigenvalue weighted by atomic mass is 9.85. The quantitative estimate of drug-likeness (QED) is 0.157. The smallest absolute Gasteiger partial charge is 0.255 e. The number of aliphatic hydroxyl groups is 2. The van der Waals surface area contributed by atoms with E-state index in [9.17, 15) is 19.4 Å². The molecule has 1 amide bonds. The molecule has 3 heterocycles. The van der Waals surface area contributed by atoms with Crippen molar-refractivity contribution in [3.8, 4) is 22.3 Å². The van der Waals surface area contributed by atoms with Gasteiger partial charge in [0.1, 0.15) is 5.82 Å². The summed E-state index contributed by atoms with van der Waals surface area (Å²) < 4.78 is 20.7. The minimum atomic E-state index is -0.636. The van der Waals surface area contributed by atoms with Crippen molar-refractivity contribution in [2.24, 2.45) is 0 Å². The van der Waals surface area contributed by atoms with Gasteiger partial charge in [-0.1, -0.05) is 56.3 Å². The highest BCUT2D eigenvalue weighted by molar-refractivity contribution is 5.99. The van der Waals surface area contributed by atoms with Gasteiger partial charge in [-0.3, -0.25) is 14.6 Å². The summed E-state index contributed by atoms with van der Waals surface area (Å²) in [6, 6.07) is 20.2. The van der Waals surface area contributed by atoms with Gasteiger partial charge in [-0.25, -0.2) is 9.97 Å². The van der Waals surface area contributed by atoms with E-state index in [0.717, 1.165) is 63.0 Å². The molecule has 1 saturated heterocycles. The van der Waals surface area contributed by atoms with E-state index in [1.54, 1.807) is 18.2 Å². The van der Waals surface area contributed by atoms with E-state index >= 15 is 0 Å².